The van der Waals surface area contributed by atoms with E-state index in [1.807, 2.05) is 0 Å². The molecule has 0 fully saturated rings. The fourth-order valence-electron chi connectivity index (χ4n) is 3.57. The van der Waals surface area contributed by atoms with Gasteiger partial charge in [-0.3, -0.25) is 9.59 Å². The average molecular weight is 467 g/mol. The lowest BCUT2D eigenvalue weighted by molar-refractivity contribution is -0.122. The van der Waals surface area contributed by atoms with Gasteiger partial charge in [0, 0.05) is 11.1 Å². The van der Waals surface area contributed by atoms with Gasteiger partial charge in [0.25, 0.3) is 21.8 Å². The van der Waals surface area contributed by atoms with Gasteiger partial charge >= 0.3 is 0 Å². The van der Waals surface area contributed by atoms with Crippen molar-refractivity contribution in [2.45, 2.75) is 20.0 Å². The van der Waals surface area contributed by atoms with Crippen LogP contribution in [0.3, 0.4) is 0 Å². The van der Waals surface area contributed by atoms with Crippen LogP contribution in [0, 0.1) is 0 Å². The normalized spacial score (nSPS) is 15.1. The minimum atomic E-state index is -4.02. The van der Waals surface area contributed by atoms with Crippen LogP contribution in [0.15, 0.2) is 76.9 Å². The summed E-state index contributed by atoms with van der Waals surface area (Å²) in [5.41, 5.74) is 1.58. The number of carbonyl (C=O) groups excluding carboxylic acids is 2. The summed E-state index contributed by atoms with van der Waals surface area (Å²) in [7, 11) is -2.51. The van der Waals surface area contributed by atoms with E-state index in [9.17, 15) is 18.0 Å². The van der Waals surface area contributed by atoms with Crippen molar-refractivity contribution >= 4 is 26.7 Å². The van der Waals surface area contributed by atoms with Gasteiger partial charge in [0.15, 0.2) is 0 Å². The van der Waals surface area contributed by atoms with Gasteiger partial charge in [0.05, 0.1) is 26.5 Å². The van der Waals surface area contributed by atoms with Crippen molar-refractivity contribution in [2.24, 2.45) is 0 Å². The monoisotopic (exact) mass is 466 g/mol. The Balaban J connectivity index is 1.48. The third-order valence-electron chi connectivity index (χ3n) is 5.33. The van der Waals surface area contributed by atoms with Crippen molar-refractivity contribution in [3.05, 3.63) is 95.0 Å². The fourth-order valence-corrected chi connectivity index (χ4v) is 5.37. The summed E-state index contributed by atoms with van der Waals surface area (Å²) in [5, 5.41) is 2.74. The molecule has 2 aromatic carbocycles. The lowest BCUT2D eigenvalue weighted by Gasteiger charge is -2.17. The quantitative estimate of drug-likeness (QED) is 0.573. The van der Waals surface area contributed by atoms with E-state index in [0.717, 1.165) is 4.31 Å². The predicted octanol–water partition coefficient (Wildman–Crippen LogP) is 3.32. The Morgan fingerprint density at radius 1 is 1.06 bits per heavy atom. The number of amides is 2. The number of benzene rings is 2. The maximum absolute atomic E-state index is 13.2. The van der Waals surface area contributed by atoms with Gasteiger partial charge in [-0.2, -0.15) is 0 Å². The number of hydrogen-bond acceptors (Lipinski definition) is 6. The molecule has 4 rings (SSSR count). The van der Waals surface area contributed by atoms with E-state index in [1.54, 1.807) is 60.7 Å². The van der Waals surface area contributed by atoms with Crippen LogP contribution in [-0.4, -0.2) is 31.6 Å². The van der Waals surface area contributed by atoms with E-state index in [-0.39, 0.29) is 29.5 Å². The van der Waals surface area contributed by atoms with Gasteiger partial charge in [0.2, 0.25) is 0 Å². The molecule has 0 unspecified atom stereocenters. The second-order valence-corrected chi connectivity index (χ2v) is 9.26. The molecule has 1 aromatic heterocycles. The van der Waals surface area contributed by atoms with E-state index < -0.39 is 15.9 Å². The minimum absolute atomic E-state index is 0.0101. The highest BCUT2D eigenvalue weighted by Gasteiger charge is 2.42. The SMILES string of the molecule is COc1ccc(C2=C(C)C(=O)N(Cc3ccc(C(=O)NCc4ccco4)cc3)S2(=O)=O)cc1. The summed E-state index contributed by atoms with van der Waals surface area (Å²) >= 11 is 0. The van der Waals surface area contributed by atoms with E-state index >= 15 is 0 Å². The number of methoxy groups -OCH3 is 1. The highest BCUT2D eigenvalue weighted by Crippen LogP contribution is 2.36. The standard InChI is InChI=1S/C24H22N2O6S/c1-16-22(18-9-11-20(31-2)12-10-18)33(29,30)26(24(16)28)15-17-5-7-19(8-6-17)23(27)25-14-21-4-3-13-32-21/h3-13H,14-15H2,1-2H3,(H,25,27). The van der Waals surface area contributed by atoms with Crippen LogP contribution in [0.1, 0.15) is 34.2 Å². The summed E-state index contributed by atoms with van der Waals surface area (Å²) in [6.07, 6.45) is 1.53. The highest BCUT2D eigenvalue weighted by atomic mass is 32.2. The Kier molecular flexibility index (Phi) is 6.06. The van der Waals surface area contributed by atoms with E-state index in [2.05, 4.69) is 5.32 Å². The second-order valence-electron chi connectivity index (χ2n) is 7.46. The van der Waals surface area contributed by atoms with Crippen molar-refractivity contribution in [1.82, 2.24) is 9.62 Å². The van der Waals surface area contributed by atoms with Crippen LogP contribution < -0.4 is 10.1 Å². The largest absolute Gasteiger partial charge is 0.497 e. The van der Waals surface area contributed by atoms with Crippen LogP contribution in [-0.2, 0) is 27.9 Å². The second kappa shape index (κ2) is 8.95. The molecule has 0 radical (unpaired) electrons. The molecular formula is C24H22N2O6S. The third-order valence-corrected chi connectivity index (χ3v) is 7.27. The van der Waals surface area contributed by atoms with Gasteiger partial charge in [-0.05, 0) is 66.6 Å². The number of nitrogens with one attached hydrogen (secondary N) is 1. The number of sulfonamides is 1. The van der Waals surface area contributed by atoms with Crippen molar-refractivity contribution in [3.63, 3.8) is 0 Å². The zero-order valence-electron chi connectivity index (χ0n) is 18.1. The molecule has 0 aliphatic carbocycles. The number of carbonyl (C=O) groups is 2. The lowest BCUT2D eigenvalue weighted by atomic mass is 10.1. The molecule has 3 aromatic rings. The molecule has 1 aliphatic heterocycles. The maximum Gasteiger partial charge on any atom is 0.268 e. The van der Waals surface area contributed by atoms with Gasteiger partial charge < -0.3 is 14.5 Å². The molecule has 2 heterocycles. The van der Waals surface area contributed by atoms with Gasteiger partial charge in [-0.1, -0.05) is 12.1 Å². The topological polar surface area (TPSA) is 106 Å². The first kappa shape index (κ1) is 22.3. The molecular weight excluding hydrogens is 444 g/mol. The van der Waals surface area contributed by atoms with Crippen LogP contribution in [0.4, 0.5) is 0 Å². The Hall–Kier alpha value is -3.85. The van der Waals surface area contributed by atoms with Crippen LogP contribution in [0.25, 0.3) is 4.91 Å². The molecule has 1 aliphatic rings. The highest BCUT2D eigenvalue weighted by molar-refractivity contribution is 7.99. The molecule has 170 valence electrons. The van der Waals surface area contributed by atoms with Gasteiger partial charge in [-0.25, -0.2) is 12.7 Å². The molecule has 1 N–H and O–H groups in total. The van der Waals surface area contributed by atoms with E-state index in [4.69, 9.17) is 9.15 Å². The molecule has 8 nitrogen and oxygen atoms in total. The van der Waals surface area contributed by atoms with Gasteiger partial charge in [-0.15, -0.1) is 0 Å². The van der Waals surface area contributed by atoms with E-state index in [0.29, 0.717) is 28.2 Å². The van der Waals surface area contributed by atoms with Crippen LogP contribution in [0.5, 0.6) is 5.75 Å². The molecule has 33 heavy (non-hydrogen) atoms. The third kappa shape index (κ3) is 4.40. The number of furan rings is 1. The number of ether oxygens (including phenoxy) is 1. The lowest BCUT2D eigenvalue weighted by Crippen LogP contribution is -2.31. The summed E-state index contributed by atoms with van der Waals surface area (Å²) in [4.78, 5) is 25.1. The average Bonchev–Trinajstić information content (AvgIpc) is 3.39. The number of hydrogen-bond donors (Lipinski definition) is 1. The Bertz CT molecular complexity index is 1310. The molecule has 9 heteroatoms. The van der Waals surface area contributed by atoms with E-state index in [1.165, 1.54) is 20.3 Å². The smallest absolute Gasteiger partial charge is 0.268 e. The summed E-state index contributed by atoms with van der Waals surface area (Å²) in [6, 6.07) is 16.5. The molecule has 0 saturated heterocycles. The summed E-state index contributed by atoms with van der Waals surface area (Å²) in [6.45, 7) is 1.63. The molecule has 0 bridgehead atoms. The number of nitrogens with zero attached hydrogens (tertiary/aromatic N) is 1. The Morgan fingerprint density at radius 3 is 2.36 bits per heavy atom. The van der Waals surface area contributed by atoms with Crippen LogP contribution in [0.2, 0.25) is 0 Å². The Labute approximate surface area is 191 Å². The first-order valence-electron chi connectivity index (χ1n) is 10.1. The van der Waals surface area contributed by atoms with Crippen molar-refractivity contribution < 1.29 is 27.2 Å². The first-order chi connectivity index (χ1) is 15.8. The molecule has 0 saturated carbocycles. The Morgan fingerprint density at radius 2 is 1.76 bits per heavy atom. The van der Waals surface area contributed by atoms with Crippen molar-refractivity contribution in [2.75, 3.05) is 7.11 Å². The predicted molar refractivity (Wildman–Crippen MR) is 121 cm³/mol. The zero-order chi connectivity index (χ0) is 23.6. The minimum Gasteiger partial charge on any atom is -0.497 e. The first-order valence-corrected chi connectivity index (χ1v) is 11.6. The van der Waals surface area contributed by atoms with Crippen LogP contribution >= 0.6 is 0 Å². The van der Waals surface area contributed by atoms with Crippen molar-refractivity contribution in [3.8, 4) is 5.75 Å². The molecule has 0 spiro atoms. The fraction of sp³-hybridized carbons (Fsp3) is 0.167. The molecule has 2 amide bonds. The summed E-state index contributed by atoms with van der Waals surface area (Å²) in [5.74, 6) is 0.361. The maximum atomic E-state index is 13.2. The molecule has 0 atom stereocenters. The van der Waals surface area contributed by atoms with Gasteiger partial charge in [0.1, 0.15) is 16.4 Å². The number of rotatable bonds is 7. The summed E-state index contributed by atoms with van der Waals surface area (Å²) < 4.78 is 37.5. The van der Waals surface area contributed by atoms with Crippen molar-refractivity contribution in [1.29, 1.82) is 0 Å². The zero-order valence-corrected chi connectivity index (χ0v) is 18.9.